The van der Waals surface area contributed by atoms with Crippen LogP contribution in [0.5, 0.6) is 0 Å². The summed E-state index contributed by atoms with van der Waals surface area (Å²) in [6, 6.07) is 7.53. The standard InChI is InChI=1S/C10H7BrN2O2/c11-8-4-2-1-3-7(8)10-12-9(5-6-14)13-15-10/h1-4,6H,5H2. The number of aromatic nitrogens is 2. The van der Waals surface area contributed by atoms with Gasteiger partial charge in [0.15, 0.2) is 5.82 Å². The van der Waals surface area contributed by atoms with Crippen LogP contribution in [0.2, 0.25) is 0 Å². The van der Waals surface area contributed by atoms with E-state index in [4.69, 9.17) is 4.52 Å². The summed E-state index contributed by atoms with van der Waals surface area (Å²) in [5.41, 5.74) is 0.821. The fourth-order valence-corrected chi connectivity index (χ4v) is 1.61. The summed E-state index contributed by atoms with van der Waals surface area (Å²) in [7, 11) is 0. The first kappa shape index (κ1) is 10.0. The largest absolute Gasteiger partial charge is 0.334 e. The van der Waals surface area contributed by atoms with Crippen molar-refractivity contribution in [2.45, 2.75) is 6.42 Å². The first-order chi connectivity index (χ1) is 7.31. The fourth-order valence-electron chi connectivity index (χ4n) is 1.16. The fraction of sp³-hybridized carbons (Fsp3) is 0.100. The highest BCUT2D eigenvalue weighted by Gasteiger charge is 2.10. The molecule has 0 aliphatic carbocycles. The van der Waals surface area contributed by atoms with Gasteiger partial charge in [-0.05, 0) is 28.1 Å². The number of nitrogens with zero attached hydrogens (tertiary/aromatic N) is 2. The van der Waals surface area contributed by atoms with Crippen LogP contribution in [0, 0.1) is 0 Å². The summed E-state index contributed by atoms with van der Waals surface area (Å²) in [4.78, 5) is 14.3. The Kier molecular flexibility index (Phi) is 2.91. The number of carbonyl (C=O) groups excluding carboxylic acids is 1. The summed E-state index contributed by atoms with van der Waals surface area (Å²) >= 11 is 3.38. The van der Waals surface area contributed by atoms with Crippen molar-refractivity contribution in [1.29, 1.82) is 0 Å². The molecule has 0 aliphatic rings. The highest BCUT2D eigenvalue weighted by Crippen LogP contribution is 2.26. The maximum absolute atomic E-state index is 10.3. The van der Waals surface area contributed by atoms with Crippen LogP contribution in [-0.4, -0.2) is 16.4 Å². The van der Waals surface area contributed by atoms with Gasteiger partial charge in [0, 0.05) is 4.47 Å². The average molecular weight is 267 g/mol. The van der Waals surface area contributed by atoms with Crippen LogP contribution in [0.25, 0.3) is 11.5 Å². The zero-order valence-electron chi connectivity index (χ0n) is 7.68. The van der Waals surface area contributed by atoms with E-state index < -0.39 is 0 Å². The lowest BCUT2D eigenvalue weighted by atomic mass is 10.2. The maximum atomic E-state index is 10.3. The first-order valence-electron chi connectivity index (χ1n) is 4.32. The predicted molar refractivity (Wildman–Crippen MR) is 57.2 cm³/mol. The molecule has 0 N–H and O–H groups in total. The number of hydrogen-bond donors (Lipinski definition) is 0. The molecule has 0 saturated carbocycles. The van der Waals surface area contributed by atoms with Gasteiger partial charge in [0.05, 0.1) is 12.0 Å². The zero-order valence-corrected chi connectivity index (χ0v) is 9.27. The lowest BCUT2D eigenvalue weighted by Gasteiger charge is -1.95. The van der Waals surface area contributed by atoms with Gasteiger partial charge in [0.25, 0.3) is 5.89 Å². The van der Waals surface area contributed by atoms with Gasteiger partial charge in [-0.2, -0.15) is 4.98 Å². The van der Waals surface area contributed by atoms with E-state index >= 15 is 0 Å². The number of carbonyl (C=O) groups is 1. The number of halogens is 1. The Bertz CT molecular complexity index is 482. The van der Waals surface area contributed by atoms with Gasteiger partial charge < -0.3 is 9.32 Å². The van der Waals surface area contributed by atoms with Gasteiger partial charge in [-0.1, -0.05) is 17.3 Å². The van der Waals surface area contributed by atoms with Crippen molar-refractivity contribution in [2.24, 2.45) is 0 Å². The maximum Gasteiger partial charge on any atom is 0.259 e. The second-order valence-corrected chi connectivity index (χ2v) is 3.72. The number of hydrogen-bond acceptors (Lipinski definition) is 4. The summed E-state index contributed by atoms with van der Waals surface area (Å²) in [6.07, 6.45) is 0.919. The molecule has 0 fully saturated rings. The van der Waals surface area contributed by atoms with E-state index in [0.29, 0.717) is 11.7 Å². The molecule has 0 bridgehead atoms. The molecule has 0 atom stereocenters. The molecule has 4 nitrogen and oxygen atoms in total. The molecule has 0 saturated heterocycles. The van der Waals surface area contributed by atoms with Crippen LogP contribution in [0.4, 0.5) is 0 Å². The van der Waals surface area contributed by atoms with Crippen molar-refractivity contribution in [3.8, 4) is 11.5 Å². The van der Waals surface area contributed by atoms with Crippen molar-refractivity contribution in [2.75, 3.05) is 0 Å². The van der Waals surface area contributed by atoms with Crippen molar-refractivity contribution < 1.29 is 9.32 Å². The Balaban J connectivity index is 2.37. The van der Waals surface area contributed by atoms with Gasteiger partial charge in [-0.15, -0.1) is 0 Å². The van der Waals surface area contributed by atoms with Gasteiger partial charge in [0.2, 0.25) is 0 Å². The monoisotopic (exact) mass is 266 g/mol. The SMILES string of the molecule is O=CCc1noc(-c2ccccc2Br)n1. The van der Waals surface area contributed by atoms with E-state index in [0.717, 1.165) is 16.3 Å². The molecule has 5 heteroatoms. The quantitative estimate of drug-likeness (QED) is 0.800. The molecule has 0 aliphatic heterocycles. The molecule has 1 heterocycles. The molecule has 0 spiro atoms. The van der Waals surface area contributed by atoms with Crippen LogP contribution in [0.15, 0.2) is 33.3 Å². The van der Waals surface area contributed by atoms with Gasteiger partial charge >= 0.3 is 0 Å². The molecule has 1 aromatic carbocycles. The van der Waals surface area contributed by atoms with Gasteiger partial charge in [-0.25, -0.2) is 0 Å². The Labute approximate surface area is 94.4 Å². The average Bonchev–Trinajstić information content (AvgIpc) is 2.68. The molecular weight excluding hydrogens is 260 g/mol. The topological polar surface area (TPSA) is 56.0 Å². The summed E-state index contributed by atoms with van der Waals surface area (Å²) in [5, 5.41) is 3.69. The first-order valence-corrected chi connectivity index (χ1v) is 5.11. The third-order valence-corrected chi connectivity index (χ3v) is 2.53. The van der Waals surface area contributed by atoms with E-state index in [1.807, 2.05) is 24.3 Å². The smallest absolute Gasteiger partial charge is 0.259 e. The van der Waals surface area contributed by atoms with Crippen molar-refractivity contribution >= 4 is 22.2 Å². The van der Waals surface area contributed by atoms with E-state index in [1.54, 1.807) is 0 Å². The summed E-state index contributed by atoms with van der Waals surface area (Å²) in [5.74, 6) is 0.815. The Morgan fingerprint density at radius 1 is 1.40 bits per heavy atom. The molecule has 15 heavy (non-hydrogen) atoms. The minimum Gasteiger partial charge on any atom is -0.334 e. The molecule has 0 unspecified atom stereocenters. The summed E-state index contributed by atoms with van der Waals surface area (Å²) < 4.78 is 5.91. The molecule has 0 amide bonds. The molecular formula is C10H7BrN2O2. The van der Waals surface area contributed by atoms with Crippen LogP contribution >= 0.6 is 15.9 Å². The Morgan fingerprint density at radius 3 is 2.93 bits per heavy atom. The van der Waals surface area contributed by atoms with Gasteiger partial charge in [0.1, 0.15) is 6.29 Å². The van der Waals surface area contributed by atoms with Crippen LogP contribution in [-0.2, 0) is 11.2 Å². The highest BCUT2D eigenvalue weighted by atomic mass is 79.9. The third kappa shape index (κ3) is 2.12. The number of aldehydes is 1. The van der Waals surface area contributed by atoms with Crippen molar-refractivity contribution in [3.05, 3.63) is 34.6 Å². The highest BCUT2D eigenvalue weighted by molar-refractivity contribution is 9.10. The third-order valence-electron chi connectivity index (χ3n) is 1.84. The molecule has 2 rings (SSSR count). The van der Waals surface area contributed by atoms with Crippen LogP contribution in [0.1, 0.15) is 5.82 Å². The zero-order chi connectivity index (χ0) is 10.7. The molecule has 76 valence electrons. The Morgan fingerprint density at radius 2 is 2.20 bits per heavy atom. The van der Waals surface area contributed by atoms with Crippen molar-refractivity contribution in [1.82, 2.24) is 10.1 Å². The second-order valence-electron chi connectivity index (χ2n) is 2.87. The number of rotatable bonds is 3. The van der Waals surface area contributed by atoms with Crippen LogP contribution in [0.3, 0.4) is 0 Å². The van der Waals surface area contributed by atoms with Crippen LogP contribution < -0.4 is 0 Å². The molecule has 2 aromatic rings. The minimum absolute atomic E-state index is 0.175. The lowest BCUT2D eigenvalue weighted by molar-refractivity contribution is -0.107. The van der Waals surface area contributed by atoms with E-state index in [2.05, 4.69) is 26.1 Å². The van der Waals surface area contributed by atoms with E-state index in [1.165, 1.54) is 0 Å². The normalized spacial score (nSPS) is 10.2. The number of benzene rings is 1. The minimum atomic E-state index is 0.175. The molecule has 0 radical (unpaired) electrons. The lowest BCUT2D eigenvalue weighted by Crippen LogP contribution is -1.88. The van der Waals surface area contributed by atoms with Crippen molar-refractivity contribution in [3.63, 3.8) is 0 Å². The Hall–Kier alpha value is -1.49. The van der Waals surface area contributed by atoms with Gasteiger partial charge in [-0.3, -0.25) is 0 Å². The second kappa shape index (κ2) is 4.35. The molecule has 1 aromatic heterocycles. The predicted octanol–water partition coefficient (Wildman–Crippen LogP) is 2.24. The van der Waals surface area contributed by atoms with E-state index in [9.17, 15) is 4.79 Å². The van der Waals surface area contributed by atoms with E-state index in [-0.39, 0.29) is 6.42 Å². The summed E-state index contributed by atoms with van der Waals surface area (Å²) in [6.45, 7) is 0.